The maximum atomic E-state index is 10.4. The Bertz CT molecular complexity index is 324. The predicted molar refractivity (Wildman–Crippen MR) is 58.1 cm³/mol. The third kappa shape index (κ3) is 3.97. The van der Waals surface area contributed by atoms with Crippen LogP contribution < -0.4 is 0 Å². The fourth-order valence-corrected chi connectivity index (χ4v) is 2.04. The van der Waals surface area contributed by atoms with Gasteiger partial charge in [-0.25, -0.2) is 4.98 Å². The number of aromatic nitrogens is 1. The van der Waals surface area contributed by atoms with Crippen molar-refractivity contribution < 1.29 is 14.6 Å². The molecular formula is C10H15NO3S. The molecule has 0 aliphatic carbocycles. The summed E-state index contributed by atoms with van der Waals surface area (Å²) in [5.41, 5.74) is 0.837. The van der Waals surface area contributed by atoms with Crippen LogP contribution in [0.25, 0.3) is 0 Å². The molecule has 1 atom stereocenters. The summed E-state index contributed by atoms with van der Waals surface area (Å²) in [4.78, 5) is 14.7. The van der Waals surface area contributed by atoms with Gasteiger partial charge in [0.05, 0.1) is 12.1 Å². The number of hydrogen-bond donors (Lipinski definition) is 1. The Morgan fingerprint density at radius 3 is 3.07 bits per heavy atom. The lowest BCUT2D eigenvalue weighted by Crippen LogP contribution is -2.00. The second-order valence-electron chi connectivity index (χ2n) is 3.17. The minimum atomic E-state index is -0.789. The first-order valence-electron chi connectivity index (χ1n) is 4.91. The van der Waals surface area contributed by atoms with Gasteiger partial charge in [-0.05, 0) is 13.8 Å². The highest BCUT2D eigenvalue weighted by Gasteiger charge is 2.10. The molecule has 5 heteroatoms. The zero-order valence-corrected chi connectivity index (χ0v) is 9.71. The van der Waals surface area contributed by atoms with E-state index in [1.807, 2.05) is 19.2 Å². The van der Waals surface area contributed by atoms with Crippen LogP contribution in [0.3, 0.4) is 0 Å². The molecule has 0 aliphatic heterocycles. The molecule has 4 nitrogen and oxygen atoms in total. The number of aryl methyl sites for hydroxylation is 1. The number of thiazole rings is 1. The molecule has 1 rings (SSSR count). The molecule has 0 saturated heterocycles. The van der Waals surface area contributed by atoms with Crippen molar-refractivity contribution in [1.82, 2.24) is 4.98 Å². The molecule has 0 fully saturated rings. The van der Waals surface area contributed by atoms with Gasteiger partial charge in [0, 0.05) is 18.4 Å². The van der Waals surface area contributed by atoms with Crippen molar-refractivity contribution in [3.05, 3.63) is 16.1 Å². The van der Waals surface area contributed by atoms with E-state index in [1.165, 1.54) is 11.3 Å². The van der Waals surface area contributed by atoms with E-state index in [4.69, 9.17) is 9.84 Å². The molecule has 1 N–H and O–H groups in total. The minimum Gasteiger partial charge on any atom is -0.481 e. The van der Waals surface area contributed by atoms with Crippen molar-refractivity contribution in [2.24, 2.45) is 0 Å². The predicted octanol–water partition coefficient (Wildman–Crippen LogP) is 2.26. The van der Waals surface area contributed by atoms with Crippen LogP contribution in [0.1, 0.15) is 37.1 Å². The molecule has 1 aromatic heterocycles. The maximum Gasteiger partial charge on any atom is 0.303 e. The van der Waals surface area contributed by atoms with Crippen LogP contribution in [-0.2, 0) is 16.0 Å². The summed E-state index contributed by atoms with van der Waals surface area (Å²) >= 11 is 1.52. The molecule has 0 saturated carbocycles. The number of nitrogens with zero attached hydrogens (tertiary/aromatic N) is 1. The van der Waals surface area contributed by atoms with Crippen molar-refractivity contribution in [2.45, 2.75) is 32.8 Å². The minimum absolute atomic E-state index is 0.00132. The van der Waals surface area contributed by atoms with Crippen molar-refractivity contribution >= 4 is 17.3 Å². The van der Waals surface area contributed by atoms with Crippen LogP contribution in [-0.4, -0.2) is 22.7 Å². The number of ether oxygens (including phenoxy) is 1. The topological polar surface area (TPSA) is 59.4 Å². The van der Waals surface area contributed by atoms with E-state index >= 15 is 0 Å². The molecule has 1 unspecified atom stereocenters. The first-order valence-corrected chi connectivity index (χ1v) is 5.79. The molecule has 0 amide bonds. The van der Waals surface area contributed by atoms with Gasteiger partial charge in [-0.2, -0.15) is 0 Å². The Kier molecular flexibility index (Phi) is 4.71. The van der Waals surface area contributed by atoms with E-state index < -0.39 is 5.97 Å². The number of aliphatic carboxylic acids is 1. The second-order valence-corrected chi connectivity index (χ2v) is 4.06. The summed E-state index contributed by atoms with van der Waals surface area (Å²) < 4.78 is 5.40. The lowest BCUT2D eigenvalue weighted by molar-refractivity contribution is -0.136. The van der Waals surface area contributed by atoms with Crippen LogP contribution in [0, 0.1) is 0 Å². The van der Waals surface area contributed by atoms with Crippen molar-refractivity contribution in [1.29, 1.82) is 0 Å². The van der Waals surface area contributed by atoms with E-state index in [9.17, 15) is 4.79 Å². The van der Waals surface area contributed by atoms with Gasteiger partial charge in [0.15, 0.2) is 0 Å². The first-order chi connectivity index (χ1) is 7.13. The van der Waals surface area contributed by atoms with Gasteiger partial charge >= 0.3 is 5.97 Å². The molecular weight excluding hydrogens is 214 g/mol. The van der Waals surface area contributed by atoms with E-state index in [0.717, 1.165) is 10.7 Å². The van der Waals surface area contributed by atoms with Gasteiger partial charge in [-0.1, -0.05) is 0 Å². The molecule has 0 aliphatic rings. The standard InChI is InChI=1S/C10H15NO3S/c1-3-14-7(2)10-11-8(6-15-10)4-5-9(12)13/h6-7H,3-5H2,1-2H3,(H,12,13). The van der Waals surface area contributed by atoms with Crippen LogP contribution >= 0.6 is 11.3 Å². The highest BCUT2D eigenvalue weighted by atomic mass is 32.1. The zero-order valence-electron chi connectivity index (χ0n) is 8.90. The lowest BCUT2D eigenvalue weighted by atomic mass is 10.2. The molecule has 0 spiro atoms. The van der Waals surface area contributed by atoms with Crippen LogP contribution in [0.5, 0.6) is 0 Å². The Balaban J connectivity index is 2.51. The Morgan fingerprint density at radius 2 is 2.47 bits per heavy atom. The molecule has 1 heterocycles. The Labute approximate surface area is 92.9 Å². The van der Waals surface area contributed by atoms with E-state index in [0.29, 0.717) is 13.0 Å². The summed E-state index contributed by atoms with van der Waals surface area (Å²) in [7, 11) is 0. The second kappa shape index (κ2) is 5.82. The highest BCUT2D eigenvalue weighted by Crippen LogP contribution is 2.21. The maximum absolute atomic E-state index is 10.4. The summed E-state index contributed by atoms with van der Waals surface area (Å²) in [6, 6.07) is 0. The monoisotopic (exact) mass is 229 g/mol. The molecule has 84 valence electrons. The van der Waals surface area contributed by atoms with Gasteiger partial charge < -0.3 is 9.84 Å². The molecule has 1 aromatic rings. The number of hydrogen-bond acceptors (Lipinski definition) is 4. The number of carboxylic acids is 1. The van der Waals surface area contributed by atoms with E-state index in [-0.39, 0.29) is 12.5 Å². The summed E-state index contributed by atoms with van der Waals surface area (Å²) in [5, 5.41) is 11.3. The van der Waals surface area contributed by atoms with Crippen LogP contribution in [0.2, 0.25) is 0 Å². The smallest absolute Gasteiger partial charge is 0.303 e. The Morgan fingerprint density at radius 1 is 1.73 bits per heavy atom. The Hall–Kier alpha value is -0.940. The normalized spacial score (nSPS) is 12.7. The van der Waals surface area contributed by atoms with Gasteiger partial charge in [-0.15, -0.1) is 11.3 Å². The van der Waals surface area contributed by atoms with Gasteiger partial charge in [0.25, 0.3) is 0 Å². The number of carbonyl (C=O) groups is 1. The van der Waals surface area contributed by atoms with E-state index in [1.54, 1.807) is 0 Å². The van der Waals surface area contributed by atoms with Crippen molar-refractivity contribution in [2.75, 3.05) is 6.61 Å². The average molecular weight is 229 g/mol. The quantitative estimate of drug-likeness (QED) is 0.812. The zero-order chi connectivity index (χ0) is 11.3. The lowest BCUT2D eigenvalue weighted by Gasteiger charge is -2.06. The van der Waals surface area contributed by atoms with Gasteiger partial charge in [0.1, 0.15) is 11.1 Å². The largest absolute Gasteiger partial charge is 0.481 e. The van der Waals surface area contributed by atoms with Crippen molar-refractivity contribution in [3.8, 4) is 0 Å². The summed E-state index contributed by atoms with van der Waals surface area (Å²) in [6.45, 7) is 4.55. The van der Waals surface area contributed by atoms with Crippen molar-refractivity contribution in [3.63, 3.8) is 0 Å². The SMILES string of the molecule is CCOC(C)c1nc(CCC(=O)O)cs1. The number of carboxylic acid groups (broad SMARTS) is 1. The third-order valence-corrected chi connectivity index (χ3v) is 2.98. The van der Waals surface area contributed by atoms with Crippen LogP contribution in [0.15, 0.2) is 5.38 Å². The molecule has 0 aromatic carbocycles. The number of rotatable bonds is 6. The van der Waals surface area contributed by atoms with Gasteiger partial charge in [-0.3, -0.25) is 4.79 Å². The van der Waals surface area contributed by atoms with Crippen LogP contribution in [0.4, 0.5) is 0 Å². The average Bonchev–Trinajstić information content (AvgIpc) is 2.63. The highest BCUT2D eigenvalue weighted by molar-refractivity contribution is 7.09. The fourth-order valence-electron chi connectivity index (χ4n) is 1.18. The molecule has 0 radical (unpaired) electrons. The fraction of sp³-hybridized carbons (Fsp3) is 0.600. The van der Waals surface area contributed by atoms with Gasteiger partial charge in [0.2, 0.25) is 0 Å². The summed E-state index contributed by atoms with van der Waals surface area (Å²) in [6.07, 6.45) is 0.621. The first kappa shape index (κ1) is 12.1. The summed E-state index contributed by atoms with van der Waals surface area (Å²) in [5.74, 6) is -0.789. The van der Waals surface area contributed by atoms with E-state index in [2.05, 4.69) is 4.98 Å². The molecule has 15 heavy (non-hydrogen) atoms. The molecule has 0 bridgehead atoms. The third-order valence-electron chi connectivity index (χ3n) is 1.93.